The zero-order valence-electron chi connectivity index (χ0n) is 23.5. The lowest BCUT2D eigenvalue weighted by Gasteiger charge is -2.33. The summed E-state index contributed by atoms with van der Waals surface area (Å²) >= 11 is 6.01. The van der Waals surface area contributed by atoms with Crippen LogP contribution in [0.2, 0.25) is 5.02 Å². The van der Waals surface area contributed by atoms with Crippen molar-refractivity contribution in [3.63, 3.8) is 0 Å². The smallest absolute Gasteiger partial charge is 0.264 e. The Hall–Kier alpha value is -3.56. The molecule has 0 unspecified atom stereocenters. The van der Waals surface area contributed by atoms with Gasteiger partial charge in [0.15, 0.2) is 0 Å². The molecule has 0 fully saturated rings. The van der Waals surface area contributed by atoms with Crippen LogP contribution in [0.3, 0.4) is 0 Å². The number of ether oxygens (including phenoxy) is 1. The number of amides is 2. The van der Waals surface area contributed by atoms with Gasteiger partial charge >= 0.3 is 0 Å². The third-order valence-corrected chi connectivity index (χ3v) is 8.72. The first-order chi connectivity index (χ1) is 19.0. The first kappa shape index (κ1) is 31.0. The molecular weight excluding hydrogens is 550 g/mol. The number of hydrogen-bond acceptors (Lipinski definition) is 5. The van der Waals surface area contributed by atoms with Gasteiger partial charge in [0.1, 0.15) is 18.3 Å². The molecule has 1 atom stereocenters. The van der Waals surface area contributed by atoms with Crippen molar-refractivity contribution < 1.29 is 22.7 Å². The van der Waals surface area contributed by atoms with Gasteiger partial charge in [0.2, 0.25) is 11.8 Å². The summed E-state index contributed by atoms with van der Waals surface area (Å²) in [6.07, 6.45) is 0.342. The molecule has 0 saturated heterocycles. The van der Waals surface area contributed by atoms with E-state index in [1.54, 1.807) is 44.4 Å². The highest BCUT2D eigenvalue weighted by Gasteiger charge is 2.33. The van der Waals surface area contributed by atoms with Gasteiger partial charge in [-0.1, -0.05) is 36.7 Å². The lowest BCUT2D eigenvalue weighted by Crippen LogP contribution is -2.52. The van der Waals surface area contributed by atoms with Crippen LogP contribution in [0.1, 0.15) is 37.0 Å². The second-order valence-electron chi connectivity index (χ2n) is 9.43. The summed E-state index contributed by atoms with van der Waals surface area (Å²) in [5.74, 6) is -0.214. The molecule has 0 radical (unpaired) electrons. The van der Waals surface area contributed by atoms with Crippen molar-refractivity contribution in [1.29, 1.82) is 0 Å². The number of carbonyl (C=O) groups is 2. The Kier molecular flexibility index (Phi) is 10.6. The number of nitrogens with zero attached hydrogens (tertiary/aromatic N) is 2. The molecule has 0 aliphatic heterocycles. The fourth-order valence-corrected chi connectivity index (χ4v) is 5.85. The maximum Gasteiger partial charge on any atom is 0.264 e. The molecule has 3 aromatic rings. The third-order valence-electron chi connectivity index (χ3n) is 6.68. The minimum absolute atomic E-state index is 0.00181. The molecule has 214 valence electrons. The van der Waals surface area contributed by atoms with E-state index in [2.05, 4.69) is 5.32 Å². The standard InChI is InChI=1S/C30H36ClN3O5S/c1-6-28(30(36)32-7-2)33(19-23-9-8-10-26(18-23)39-5)29(35)20-34(25-14-11-21(3)22(4)17-25)40(37,38)27-15-12-24(31)13-16-27/h8-18,28H,6-7,19-20H2,1-5H3,(H,32,36)/t28-/m0/s1. The molecule has 8 nitrogen and oxygen atoms in total. The van der Waals surface area contributed by atoms with Gasteiger partial charge in [-0.05, 0) is 92.4 Å². The first-order valence-electron chi connectivity index (χ1n) is 13.1. The summed E-state index contributed by atoms with van der Waals surface area (Å²) < 4.78 is 34.3. The molecule has 2 amide bonds. The maximum atomic E-state index is 14.1. The number of carbonyl (C=O) groups excluding carboxylic acids is 2. The van der Waals surface area contributed by atoms with Gasteiger partial charge in [-0.15, -0.1) is 0 Å². The van der Waals surface area contributed by atoms with Crippen molar-refractivity contribution in [2.75, 3.05) is 24.5 Å². The van der Waals surface area contributed by atoms with Crippen LogP contribution in [0.25, 0.3) is 0 Å². The SMILES string of the molecule is CCNC(=O)[C@H](CC)N(Cc1cccc(OC)c1)C(=O)CN(c1ccc(C)c(C)c1)S(=O)(=O)c1ccc(Cl)cc1. The number of sulfonamides is 1. The summed E-state index contributed by atoms with van der Waals surface area (Å²) in [5, 5.41) is 3.19. The molecule has 3 rings (SSSR count). The van der Waals surface area contributed by atoms with Gasteiger partial charge < -0.3 is 15.0 Å². The van der Waals surface area contributed by atoms with E-state index in [-0.39, 0.29) is 17.3 Å². The lowest BCUT2D eigenvalue weighted by atomic mass is 10.1. The zero-order chi connectivity index (χ0) is 29.4. The van der Waals surface area contributed by atoms with Crippen molar-refractivity contribution >= 4 is 39.1 Å². The number of nitrogens with one attached hydrogen (secondary N) is 1. The van der Waals surface area contributed by atoms with Crippen molar-refractivity contribution in [2.24, 2.45) is 0 Å². The molecule has 0 saturated carbocycles. The van der Waals surface area contributed by atoms with Crippen LogP contribution in [0.5, 0.6) is 5.75 Å². The summed E-state index contributed by atoms with van der Waals surface area (Å²) in [6.45, 7) is 7.41. The molecule has 10 heteroatoms. The predicted octanol–water partition coefficient (Wildman–Crippen LogP) is 5.10. The highest BCUT2D eigenvalue weighted by Crippen LogP contribution is 2.27. The Morgan fingerprint density at radius 3 is 2.27 bits per heavy atom. The van der Waals surface area contributed by atoms with E-state index < -0.39 is 28.5 Å². The van der Waals surface area contributed by atoms with Crippen LogP contribution in [0, 0.1) is 13.8 Å². The molecule has 0 spiro atoms. The second kappa shape index (κ2) is 13.7. The Morgan fingerprint density at radius 2 is 1.68 bits per heavy atom. The van der Waals surface area contributed by atoms with E-state index in [9.17, 15) is 18.0 Å². The van der Waals surface area contributed by atoms with Crippen LogP contribution < -0.4 is 14.4 Å². The van der Waals surface area contributed by atoms with Gasteiger partial charge in [0.25, 0.3) is 10.0 Å². The number of rotatable bonds is 12. The molecule has 0 aromatic heterocycles. The van der Waals surface area contributed by atoms with Crippen molar-refractivity contribution in [3.05, 3.63) is 88.4 Å². The molecule has 0 aliphatic rings. The predicted molar refractivity (Wildman–Crippen MR) is 158 cm³/mol. The highest BCUT2D eigenvalue weighted by atomic mass is 35.5. The summed E-state index contributed by atoms with van der Waals surface area (Å²) in [7, 11) is -2.62. The molecule has 0 heterocycles. The summed E-state index contributed by atoms with van der Waals surface area (Å²) in [4.78, 5) is 28.5. The minimum atomic E-state index is -4.17. The molecule has 0 aliphatic carbocycles. The lowest BCUT2D eigenvalue weighted by molar-refractivity contribution is -0.140. The number of benzene rings is 3. The van der Waals surface area contributed by atoms with E-state index in [0.29, 0.717) is 29.4 Å². The Bertz CT molecular complexity index is 1440. The molecular formula is C30H36ClN3O5S. The quantitative estimate of drug-likeness (QED) is 0.319. The number of anilines is 1. The third kappa shape index (κ3) is 7.34. The Morgan fingerprint density at radius 1 is 0.975 bits per heavy atom. The zero-order valence-corrected chi connectivity index (χ0v) is 25.1. The van der Waals surface area contributed by atoms with Gasteiger partial charge in [0, 0.05) is 18.1 Å². The number of aryl methyl sites for hydroxylation is 2. The Labute approximate surface area is 241 Å². The van der Waals surface area contributed by atoms with Gasteiger partial charge in [-0.25, -0.2) is 8.42 Å². The number of likely N-dealkylation sites (N-methyl/N-ethyl adjacent to an activating group) is 1. The highest BCUT2D eigenvalue weighted by molar-refractivity contribution is 7.92. The fraction of sp³-hybridized carbons (Fsp3) is 0.333. The van der Waals surface area contributed by atoms with Gasteiger partial charge in [0.05, 0.1) is 17.7 Å². The van der Waals surface area contributed by atoms with E-state index >= 15 is 0 Å². The second-order valence-corrected chi connectivity index (χ2v) is 11.7. The monoisotopic (exact) mass is 585 g/mol. The molecule has 0 bridgehead atoms. The summed E-state index contributed by atoms with van der Waals surface area (Å²) in [6, 6.07) is 17.4. The topological polar surface area (TPSA) is 96.0 Å². The maximum absolute atomic E-state index is 14.1. The van der Waals surface area contributed by atoms with E-state index in [1.807, 2.05) is 32.9 Å². The van der Waals surface area contributed by atoms with Crippen LogP contribution in [-0.2, 0) is 26.2 Å². The van der Waals surface area contributed by atoms with Crippen molar-refractivity contribution in [1.82, 2.24) is 10.2 Å². The van der Waals surface area contributed by atoms with Crippen LogP contribution in [0.4, 0.5) is 5.69 Å². The van der Waals surface area contributed by atoms with Crippen LogP contribution in [-0.4, -0.2) is 51.4 Å². The molecule has 3 aromatic carbocycles. The van der Waals surface area contributed by atoms with Gasteiger partial charge in [-0.2, -0.15) is 0 Å². The van der Waals surface area contributed by atoms with Gasteiger partial charge in [-0.3, -0.25) is 13.9 Å². The van der Waals surface area contributed by atoms with E-state index in [1.165, 1.54) is 29.2 Å². The average molecular weight is 586 g/mol. The van der Waals surface area contributed by atoms with Crippen molar-refractivity contribution in [2.45, 2.75) is 51.6 Å². The fourth-order valence-electron chi connectivity index (χ4n) is 4.32. The number of hydrogen-bond donors (Lipinski definition) is 1. The Balaban J connectivity index is 2.09. The number of methoxy groups -OCH3 is 1. The molecule has 1 N–H and O–H groups in total. The van der Waals surface area contributed by atoms with Crippen LogP contribution >= 0.6 is 11.6 Å². The first-order valence-corrected chi connectivity index (χ1v) is 14.9. The van der Waals surface area contributed by atoms with E-state index in [0.717, 1.165) is 21.0 Å². The van der Waals surface area contributed by atoms with Crippen LogP contribution in [0.15, 0.2) is 71.6 Å². The molecule has 40 heavy (non-hydrogen) atoms. The van der Waals surface area contributed by atoms with E-state index in [4.69, 9.17) is 16.3 Å². The number of halogens is 1. The largest absolute Gasteiger partial charge is 0.497 e. The van der Waals surface area contributed by atoms with Crippen molar-refractivity contribution in [3.8, 4) is 5.75 Å². The minimum Gasteiger partial charge on any atom is -0.497 e. The average Bonchev–Trinajstić information content (AvgIpc) is 2.93. The normalized spacial score (nSPS) is 11.9. The summed E-state index contributed by atoms with van der Waals surface area (Å²) in [5.41, 5.74) is 2.96.